The summed E-state index contributed by atoms with van der Waals surface area (Å²) in [5.41, 5.74) is -1.78. The Hall–Kier alpha value is -3.29. The molecule has 4 rings (SSSR count). The molecule has 0 aliphatic heterocycles. The number of amides is 1. The highest BCUT2D eigenvalue weighted by Crippen LogP contribution is 2.57. The molecule has 1 fully saturated rings. The molecule has 1 saturated carbocycles. The number of nitrogens with two attached hydrogens (primary N) is 1. The lowest BCUT2D eigenvalue weighted by Gasteiger charge is -2.55. The third-order valence-electron chi connectivity index (χ3n) is 7.03. The van der Waals surface area contributed by atoms with Gasteiger partial charge in [0, 0.05) is 7.11 Å². The highest BCUT2D eigenvalue weighted by molar-refractivity contribution is 6.24. The first-order valence-corrected chi connectivity index (χ1v) is 10.5. The van der Waals surface area contributed by atoms with Crippen molar-refractivity contribution in [2.45, 2.75) is 30.3 Å². The topological polar surface area (TPSA) is 222 Å². The van der Waals surface area contributed by atoms with Crippen LogP contribution in [-0.4, -0.2) is 97.1 Å². The molecular weight excluding hydrogens is 464 g/mol. The van der Waals surface area contributed by atoms with E-state index in [1.807, 2.05) is 0 Å². The fourth-order valence-corrected chi connectivity index (χ4v) is 5.60. The van der Waals surface area contributed by atoms with Crippen molar-refractivity contribution >= 4 is 23.2 Å². The number of ketones is 2. The number of phenolic OH excluding ortho intramolecular Hbond substituents is 1. The highest BCUT2D eigenvalue weighted by Gasteiger charge is 2.70. The number of aromatic hydroxyl groups is 1. The second kappa shape index (κ2) is 8.43. The molecule has 3 aliphatic rings. The van der Waals surface area contributed by atoms with E-state index >= 15 is 0 Å². The van der Waals surface area contributed by atoms with Gasteiger partial charge in [-0.25, -0.2) is 0 Å². The predicted molar refractivity (Wildman–Crippen MR) is 120 cm³/mol. The van der Waals surface area contributed by atoms with Gasteiger partial charge in [-0.15, -0.1) is 0 Å². The normalized spacial score (nSPS) is 34.1. The molecule has 1 aromatic rings. The Morgan fingerprint density at radius 2 is 1.66 bits per heavy atom. The Kier molecular flexibility index (Phi) is 6.34. The van der Waals surface area contributed by atoms with Crippen molar-refractivity contribution in [3.05, 3.63) is 46.2 Å². The van der Waals surface area contributed by atoms with Gasteiger partial charge in [-0.05, 0) is 32.6 Å². The van der Waals surface area contributed by atoms with Crippen molar-refractivity contribution in [2.24, 2.45) is 17.6 Å². The van der Waals surface area contributed by atoms with Crippen molar-refractivity contribution < 1.29 is 50.1 Å². The summed E-state index contributed by atoms with van der Waals surface area (Å²) in [6.45, 7) is 1.25. The maximum atomic E-state index is 13.7. The number of carbonyl (C=O) groups excluding carboxylic acids is 3. The molecular formula is C23H28N2O10. The van der Waals surface area contributed by atoms with E-state index in [1.165, 1.54) is 44.1 Å². The maximum Gasteiger partial charge on any atom is 0.255 e. The van der Waals surface area contributed by atoms with Crippen LogP contribution in [-0.2, 0) is 20.0 Å². The number of primary amides is 1. The van der Waals surface area contributed by atoms with E-state index in [2.05, 4.69) is 0 Å². The van der Waals surface area contributed by atoms with Crippen LogP contribution in [0.2, 0.25) is 0 Å². The zero-order chi connectivity index (χ0) is 26.8. The number of nitrogens with zero attached hydrogens (tertiary/aromatic N) is 1. The molecule has 0 aromatic heterocycles. The van der Waals surface area contributed by atoms with Crippen molar-refractivity contribution in [3.63, 3.8) is 0 Å². The molecule has 0 saturated heterocycles. The minimum atomic E-state index is -3.02. The molecule has 12 heteroatoms. The van der Waals surface area contributed by atoms with Crippen LogP contribution in [0.25, 0.3) is 5.76 Å². The number of aliphatic hydroxyl groups is 6. The molecule has 12 nitrogen and oxygen atoms in total. The van der Waals surface area contributed by atoms with Crippen LogP contribution in [0.4, 0.5) is 0 Å². The summed E-state index contributed by atoms with van der Waals surface area (Å²) in [5, 5.41) is 73.3. The number of Topliss-reactive ketones (excluding diaryl/α,β-unsaturated/α-hetero) is 2. The second-order valence-corrected chi connectivity index (χ2v) is 9.06. The Morgan fingerprint density at radius 3 is 2.17 bits per heavy atom. The van der Waals surface area contributed by atoms with E-state index in [9.17, 15) is 45.0 Å². The Balaban J connectivity index is 0.00000167. The average Bonchev–Trinajstić information content (AvgIpc) is 2.77. The zero-order valence-electron chi connectivity index (χ0n) is 19.4. The van der Waals surface area contributed by atoms with Gasteiger partial charge in [0.25, 0.3) is 5.91 Å². The number of hydrogen-bond donors (Lipinski definition) is 8. The predicted octanol–water partition coefficient (Wildman–Crippen LogP) is -1.79. The number of fused-ring (bicyclic) bond motifs is 3. The molecule has 0 bridgehead atoms. The molecule has 0 radical (unpaired) electrons. The van der Waals surface area contributed by atoms with Crippen LogP contribution in [0.5, 0.6) is 5.75 Å². The Morgan fingerprint density at radius 1 is 1.09 bits per heavy atom. The van der Waals surface area contributed by atoms with Crippen molar-refractivity contribution in [2.75, 3.05) is 21.2 Å². The first-order chi connectivity index (χ1) is 16.2. The van der Waals surface area contributed by atoms with Crippen molar-refractivity contribution in [1.82, 2.24) is 4.90 Å². The molecule has 9 N–H and O–H groups in total. The van der Waals surface area contributed by atoms with Gasteiger partial charge >= 0.3 is 0 Å². The fraction of sp³-hybridized carbons (Fsp3) is 0.435. The summed E-state index contributed by atoms with van der Waals surface area (Å²) in [6, 6.07) is 2.50. The lowest BCUT2D eigenvalue weighted by atomic mass is 9.53. The highest BCUT2D eigenvalue weighted by atomic mass is 16.4. The van der Waals surface area contributed by atoms with Crippen LogP contribution in [0.15, 0.2) is 35.1 Å². The van der Waals surface area contributed by atoms with Gasteiger partial charge in [-0.2, -0.15) is 0 Å². The molecule has 1 amide bonds. The summed E-state index contributed by atoms with van der Waals surface area (Å²) in [4.78, 5) is 39.9. The minimum absolute atomic E-state index is 0.00664. The molecule has 35 heavy (non-hydrogen) atoms. The zero-order valence-corrected chi connectivity index (χ0v) is 19.4. The number of benzene rings is 1. The minimum Gasteiger partial charge on any atom is -0.508 e. The van der Waals surface area contributed by atoms with Gasteiger partial charge in [0.05, 0.1) is 40.7 Å². The van der Waals surface area contributed by atoms with Crippen LogP contribution >= 0.6 is 0 Å². The molecule has 6 atom stereocenters. The third-order valence-corrected chi connectivity index (χ3v) is 7.03. The molecule has 0 unspecified atom stereocenters. The molecule has 190 valence electrons. The number of hydrogen-bond acceptors (Lipinski definition) is 11. The van der Waals surface area contributed by atoms with Gasteiger partial charge in [-0.3, -0.25) is 19.3 Å². The van der Waals surface area contributed by atoms with Gasteiger partial charge in [0.15, 0.2) is 11.4 Å². The summed E-state index contributed by atoms with van der Waals surface area (Å²) in [5.74, 6) is -9.67. The number of rotatable bonds is 2. The first kappa shape index (κ1) is 26.3. The third kappa shape index (κ3) is 3.22. The molecule has 3 aliphatic carbocycles. The maximum absolute atomic E-state index is 13.7. The van der Waals surface area contributed by atoms with E-state index in [0.29, 0.717) is 0 Å². The van der Waals surface area contributed by atoms with Crippen LogP contribution in [0.1, 0.15) is 18.1 Å². The lowest BCUT2D eigenvalue weighted by molar-refractivity contribution is -0.181. The monoisotopic (exact) mass is 492 g/mol. The van der Waals surface area contributed by atoms with E-state index in [4.69, 9.17) is 10.8 Å². The largest absolute Gasteiger partial charge is 0.508 e. The smallest absolute Gasteiger partial charge is 0.255 e. The number of carbonyl (C=O) groups is 3. The van der Waals surface area contributed by atoms with E-state index < -0.39 is 81.1 Å². The molecule has 0 spiro atoms. The standard InChI is InChI=1S/C22H24N2O9.CH4O/c1-21(32)7-5-4-6-8(25)9(7)15(26)10-12(21)17(28)13-14(24(2)3)16(27)11(20(23)31)19(30)22(13,33)18(10)29;1-2/h4-6,12-14,17,25-26,28,30,32-33H,1-3H3,(H2,23,31);2H,1H3/t12-,13-,14+,17+,21-,22+;/m1./s1. The Bertz CT molecular complexity index is 1180. The van der Waals surface area contributed by atoms with Crippen molar-refractivity contribution in [1.29, 1.82) is 0 Å². The van der Waals surface area contributed by atoms with Gasteiger partial charge in [-0.1, -0.05) is 12.1 Å². The summed E-state index contributed by atoms with van der Waals surface area (Å²) >= 11 is 0. The van der Waals surface area contributed by atoms with Crippen LogP contribution in [0.3, 0.4) is 0 Å². The molecule has 1 aromatic carbocycles. The first-order valence-electron chi connectivity index (χ1n) is 10.5. The van der Waals surface area contributed by atoms with E-state index in [-0.39, 0.29) is 11.1 Å². The number of aliphatic hydroxyl groups excluding tert-OH is 4. The van der Waals surface area contributed by atoms with Gasteiger partial charge in [0.1, 0.15) is 22.8 Å². The van der Waals surface area contributed by atoms with Crippen LogP contribution < -0.4 is 5.73 Å². The van der Waals surface area contributed by atoms with Gasteiger partial charge < -0.3 is 41.5 Å². The summed E-state index contributed by atoms with van der Waals surface area (Å²) < 4.78 is 0. The van der Waals surface area contributed by atoms with E-state index in [1.54, 1.807) is 0 Å². The average molecular weight is 492 g/mol. The number of likely N-dealkylation sites (N-methyl/N-ethyl adjacent to an activating group) is 1. The quantitative estimate of drug-likeness (QED) is 0.215. The summed E-state index contributed by atoms with van der Waals surface area (Å²) in [7, 11) is 3.80. The Labute approximate surface area is 199 Å². The van der Waals surface area contributed by atoms with Crippen LogP contribution in [0, 0.1) is 11.8 Å². The number of phenols is 1. The lowest BCUT2D eigenvalue weighted by Crippen LogP contribution is -2.71. The second-order valence-electron chi connectivity index (χ2n) is 9.06. The SMILES string of the molecule is CN(C)[C@@H]1C(=O)C(C(N)=O)=C(O)[C@@]2(O)C(=O)C3=C(O)c4c(O)cccc4[C@@](C)(O)[C@H]3[C@H](O)[C@@H]12.CO. The van der Waals surface area contributed by atoms with Crippen molar-refractivity contribution in [3.8, 4) is 5.75 Å². The summed E-state index contributed by atoms with van der Waals surface area (Å²) in [6.07, 6.45) is -1.87. The molecule has 0 heterocycles. The fourth-order valence-electron chi connectivity index (χ4n) is 5.60. The van der Waals surface area contributed by atoms with Gasteiger partial charge in [0.2, 0.25) is 5.78 Å². The van der Waals surface area contributed by atoms with E-state index in [0.717, 1.165) is 7.11 Å².